The van der Waals surface area contributed by atoms with Gasteiger partial charge in [-0.1, -0.05) is 12.1 Å². The molecule has 8 rings (SSSR count). The number of nitrogens with zero attached hydrogens (tertiary/aromatic N) is 4. The third kappa shape index (κ3) is 5.77. The van der Waals surface area contributed by atoms with Crippen LogP contribution in [0.5, 0.6) is 17.4 Å². The third-order valence-corrected chi connectivity index (χ3v) is 9.42. The van der Waals surface area contributed by atoms with Crippen molar-refractivity contribution >= 4 is 17.0 Å². The Morgan fingerprint density at radius 2 is 1.90 bits per heavy atom. The van der Waals surface area contributed by atoms with Crippen molar-refractivity contribution in [2.75, 3.05) is 33.5 Å². The van der Waals surface area contributed by atoms with Gasteiger partial charge in [0.05, 0.1) is 62.4 Å². The van der Waals surface area contributed by atoms with E-state index in [2.05, 4.69) is 9.97 Å². The highest BCUT2D eigenvalue weighted by atomic mass is 19.1. The molecule has 11 nitrogen and oxygen atoms in total. The molecular weight excluding hydrogens is 657 g/mol. The van der Waals surface area contributed by atoms with Gasteiger partial charge in [-0.25, -0.2) is 23.5 Å². The minimum atomic E-state index is -1.12. The number of ether oxygens (including phenoxy) is 5. The number of carboxylic acid groups (broad SMARTS) is 1. The predicted molar refractivity (Wildman–Crippen MR) is 171 cm³/mol. The standard InChI is InChI=1S/C36H31F3N4O7/c1-46-30-10-20(36(44)45)9-29-32(30)41-31(43(29)14-22-4-6-48-22)12-24-23-5-7-49-33(23)25(11-27(24)38)34-40-13-28(39)35(42-34)50-17-19-3-2-18(8-26(19)37)21-15-47-16-21/h2-3,8-11,13,21-22H,4-7,12,14-17H2,1H3,(H,44,45)/t22-/m0/s1. The molecule has 1 N–H and O–H groups in total. The second-order valence-electron chi connectivity index (χ2n) is 12.5. The fourth-order valence-electron chi connectivity index (χ4n) is 6.50. The van der Waals surface area contributed by atoms with Crippen molar-refractivity contribution in [1.29, 1.82) is 0 Å². The summed E-state index contributed by atoms with van der Waals surface area (Å²) in [5, 5.41) is 9.73. The summed E-state index contributed by atoms with van der Waals surface area (Å²) >= 11 is 0. The van der Waals surface area contributed by atoms with E-state index < -0.39 is 29.3 Å². The van der Waals surface area contributed by atoms with Gasteiger partial charge in [-0.2, -0.15) is 9.37 Å². The van der Waals surface area contributed by atoms with Gasteiger partial charge < -0.3 is 33.4 Å². The van der Waals surface area contributed by atoms with Crippen molar-refractivity contribution in [3.05, 3.63) is 93.7 Å². The molecular formula is C36H31F3N4O7. The summed E-state index contributed by atoms with van der Waals surface area (Å²) in [4.78, 5) is 25.0. The Balaban J connectivity index is 1.11. The molecule has 3 aliphatic rings. The summed E-state index contributed by atoms with van der Waals surface area (Å²) in [5.74, 6) is -2.18. The number of fused-ring (bicyclic) bond motifs is 2. The molecule has 2 aromatic heterocycles. The normalized spacial score (nSPS) is 16.8. The van der Waals surface area contributed by atoms with Gasteiger partial charge >= 0.3 is 5.97 Å². The minimum Gasteiger partial charge on any atom is -0.494 e. The van der Waals surface area contributed by atoms with Crippen molar-refractivity contribution in [3.8, 4) is 28.8 Å². The molecule has 0 radical (unpaired) electrons. The summed E-state index contributed by atoms with van der Waals surface area (Å²) in [6.45, 7) is 2.09. The fraction of sp³-hybridized carbons (Fsp3) is 0.333. The van der Waals surface area contributed by atoms with Gasteiger partial charge in [0.2, 0.25) is 5.82 Å². The highest BCUT2D eigenvalue weighted by molar-refractivity contribution is 5.95. The van der Waals surface area contributed by atoms with Gasteiger partial charge in [0.25, 0.3) is 5.88 Å². The van der Waals surface area contributed by atoms with E-state index in [0.29, 0.717) is 66.5 Å². The Bertz CT molecular complexity index is 2150. The van der Waals surface area contributed by atoms with Gasteiger partial charge in [-0.15, -0.1) is 0 Å². The van der Waals surface area contributed by atoms with E-state index in [4.69, 9.17) is 28.7 Å². The SMILES string of the molecule is COc1cc(C(=O)O)cc2c1nc(Cc1c(F)cc(-c3ncc(F)c(OCc4ccc(C5COC5)cc4F)n3)c3c1CCO3)n2C[C@@H]1CCO1. The molecule has 2 fully saturated rings. The molecule has 14 heteroatoms. The lowest BCUT2D eigenvalue weighted by molar-refractivity contribution is -0.0589. The maximum atomic E-state index is 16.2. The molecule has 0 bridgehead atoms. The van der Waals surface area contributed by atoms with Gasteiger partial charge in [0.1, 0.15) is 41.1 Å². The van der Waals surface area contributed by atoms with E-state index in [9.17, 15) is 18.7 Å². The lowest BCUT2D eigenvalue weighted by Crippen LogP contribution is -2.31. The van der Waals surface area contributed by atoms with E-state index in [0.717, 1.165) is 18.2 Å². The largest absolute Gasteiger partial charge is 0.494 e. The van der Waals surface area contributed by atoms with Crippen LogP contribution in [0.15, 0.2) is 42.6 Å². The number of carboxylic acids is 1. The summed E-state index contributed by atoms with van der Waals surface area (Å²) in [7, 11) is 1.44. The van der Waals surface area contributed by atoms with E-state index >= 15 is 4.39 Å². The van der Waals surface area contributed by atoms with Gasteiger partial charge in [-0.05, 0) is 36.2 Å². The lowest BCUT2D eigenvalue weighted by Gasteiger charge is -2.27. The summed E-state index contributed by atoms with van der Waals surface area (Å²) < 4.78 is 75.6. The van der Waals surface area contributed by atoms with Crippen LogP contribution in [0.3, 0.4) is 0 Å². The summed E-state index contributed by atoms with van der Waals surface area (Å²) in [6, 6.07) is 8.99. The highest BCUT2D eigenvalue weighted by Crippen LogP contribution is 2.41. The van der Waals surface area contributed by atoms with E-state index in [1.54, 1.807) is 12.1 Å². The molecule has 3 aliphatic heterocycles. The van der Waals surface area contributed by atoms with E-state index in [1.165, 1.54) is 31.4 Å². The number of methoxy groups -OCH3 is 1. The molecule has 2 saturated heterocycles. The van der Waals surface area contributed by atoms with Gasteiger partial charge in [0, 0.05) is 42.1 Å². The lowest BCUT2D eigenvalue weighted by atomic mass is 9.96. The van der Waals surface area contributed by atoms with Crippen molar-refractivity contribution in [2.24, 2.45) is 0 Å². The smallest absolute Gasteiger partial charge is 0.335 e. The molecule has 1 atom stereocenters. The fourth-order valence-corrected chi connectivity index (χ4v) is 6.50. The van der Waals surface area contributed by atoms with E-state index in [1.807, 2.05) is 4.57 Å². The molecule has 0 unspecified atom stereocenters. The van der Waals surface area contributed by atoms with Gasteiger partial charge in [0.15, 0.2) is 5.82 Å². The van der Waals surface area contributed by atoms with Crippen molar-refractivity contribution < 1.29 is 46.8 Å². The zero-order valence-electron chi connectivity index (χ0n) is 26.9. The quantitative estimate of drug-likeness (QED) is 0.187. The molecule has 0 saturated carbocycles. The van der Waals surface area contributed by atoms with Crippen LogP contribution in [-0.4, -0.2) is 70.2 Å². The molecule has 0 aliphatic carbocycles. The van der Waals surface area contributed by atoms with Crippen LogP contribution in [0.1, 0.15) is 50.8 Å². The Labute approximate surface area is 283 Å². The Hall–Kier alpha value is -5.21. The number of hydrogen-bond acceptors (Lipinski definition) is 9. The van der Waals surface area contributed by atoms with Crippen molar-refractivity contribution in [3.63, 3.8) is 0 Å². The van der Waals surface area contributed by atoms with Crippen LogP contribution in [0.2, 0.25) is 0 Å². The maximum Gasteiger partial charge on any atom is 0.335 e. The molecule has 3 aromatic carbocycles. The first-order valence-electron chi connectivity index (χ1n) is 16.2. The number of halogens is 3. The first kappa shape index (κ1) is 32.0. The zero-order valence-corrected chi connectivity index (χ0v) is 26.9. The average molecular weight is 689 g/mol. The second kappa shape index (κ2) is 12.9. The van der Waals surface area contributed by atoms with Crippen LogP contribution < -0.4 is 14.2 Å². The minimum absolute atomic E-state index is 0.0221. The highest BCUT2D eigenvalue weighted by Gasteiger charge is 2.30. The number of carbonyl (C=O) groups is 1. The first-order chi connectivity index (χ1) is 24.3. The molecule has 5 heterocycles. The van der Waals surface area contributed by atoms with Crippen LogP contribution >= 0.6 is 0 Å². The molecule has 0 spiro atoms. The van der Waals surface area contributed by atoms with Crippen molar-refractivity contribution in [1.82, 2.24) is 19.5 Å². The van der Waals surface area contributed by atoms with E-state index in [-0.39, 0.29) is 59.9 Å². The summed E-state index contributed by atoms with van der Waals surface area (Å²) in [6.07, 6.45) is 2.09. The number of rotatable bonds is 11. The Kier molecular flexibility index (Phi) is 8.27. The maximum absolute atomic E-state index is 16.2. The van der Waals surface area contributed by atoms with Crippen LogP contribution in [0, 0.1) is 17.5 Å². The van der Waals surface area contributed by atoms with Crippen LogP contribution in [0.25, 0.3) is 22.4 Å². The number of aromatic nitrogens is 4. The van der Waals surface area contributed by atoms with Crippen molar-refractivity contribution in [2.45, 2.75) is 44.4 Å². The molecule has 50 heavy (non-hydrogen) atoms. The molecule has 0 amide bonds. The Morgan fingerprint density at radius 1 is 1.06 bits per heavy atom. The second-order valence-corrected chi connectivity index (χ2v) is 12.5. The number of imidazole rings is 1. The third-order valence-electron chi connectivity index (χ3n) is 9.42. The monoisotopic (exact) mass is 688 g/mol. The van der Waals surface area contributed by atoms with Crippen LogP contribution in [-0.2, 0) is 35.5 Å². The predicted octanol–water partition coefficient (Wildman–Crippen LogP) is 5.62. The van der Waals surface area contributed by atoms with Crippen LogP contribution in [0.4, 0.5) is 13.2 Å². The number of aromatic carboxylic acids is 1. The Morgan fingerprint density at radius 3 is 2.60 bits per heavy atom. The molecule has 5 aromatic rings. The topological polar surface area (TPSA) is 127 Å². The molecule has 258 valence electrons. The summed E-state index contributed by atoms with van der Waals surface area (Å²) in [5.41, 5.74) is 3.21. The van der Waals surface area contributed by atoms with Gasteiger partial charge in [-0.3, -0.25) is 0 Å². The number of hydrogen-bond donors (Lipinski definition) is 1. The average Bonchev–Trinajstić information content (AvgIpc) is 3.68. The zero-order chi connectivity index (χ0) is 34.5. The number of benzene rings is 3. The first-order valence-corrected chi connectivity index (χ1v) is 16.2.